The molecule has 40 heavy (non-hydrogen) atoms. The minimum Gasteiger partial charge on any atom is -0.457 e. The fraction of sp³-hybridized carbons (Fsp3) is 0.321. The van der Waals surface area contributed by atoms with Gasteiger partial charge in [0.05, 0.1) is 28.8 Å². The molecule has 0 spiro atoms. The third-order valence-electron chi connectivity index (χ3n) is 6.87. The fourth-order valence-corrected chi connectivity index (χ4v) is 4.62. The van der Waals surface area contributed by atoms with Gasteiger partial charge in [0, 0.05) is 24.2 Å². The molecular formula is C28H28F4N6O2. The van der Waals surface area contributed by atoms with Crippen molar-refractivity contribution in [2.75, 3.05) is 30.3 Å². The molecule has 2 aromatic carbocycles. The number of rotatable bonds is 8. The average Bonchev–Trinajstić information content (AvgIpc) is 3.34. The molecule has 1 saturated heterocycles. The van der Waals surface area contributed by atoms with Gasteiger partial charge in [-0.3, -0.25) is 4.79 Å². The maximum Gasteiger partial charge on any atom is 0.416 e. The SMILES string of the molecule is CCN1CCC(C(=O)Nc2cc(Oc3ccc4nc(CNc5cc(C(F)(F)F)ccc5F)[nH]c4c3)ccn2)CC1. The number of fused-ring (bicyclic) bond motifs is 1. The van der Waals surface area contributed by atoms with E-state index in [4.69, 9.17) is 4.74 Å². The van der Waals surface area contributed by atoms with Gasteiger partial charge in [0.15, 0.2) is 0 Å². The van der Waals surface area contributed by atoms with Crippen molar-refractivity contribution in [3.63, 3.8) is 0 Å². The Kier molecular flexibility index (Phi) is 7.88. The van der Waals surface area contributed by atoms with Crippen LogP contribution in [-0.4, -0.2) is 45.4 Å². The molecule has 1 aliphatic rings. The van der Waals surface area contributed by atoms with Crippen LogP contribution in [0.5, 0.6) is 11.5 Å². The van der Waals surface area contributed by atoms with Gasteiger partial charge in [0.2, 0.25) is 5.91 Å². The number of nitrogens with zero attached hydrogens (tertiary/aromatic N) is 3. The van der Waals surface area contributed by atoms with Crippen LogP contribution >= 0.6 is 0 Å². The zero-order valence-electron chi connectivity index (χ0n) is 21.7. The lowest BCUT2D eigenvalue weighted by atomic mass is 9.96. The summed E-state index contributed by atoms with van der Waals surface area (Å²) >= 11 is 0. The Morgan fingerprint density at radius 2 is 1.88 bits per heavy atom. The number of pyridine rings is 1. The number of nitrogens with one attached hydrogen (secondary N) is 3. The van der Waals surface area contributed by atoms with Crippen molar-refractivity contribution in [2.24, 2.45) is 5.92 Å². The summed E-state index contributed by atoms with van der Waals surface area (Å²) in [6.07, 6.45) is -1.40. The first-order valence-electron chi connectivity index (χ1n) is 12.9. The van der Waals surface area contributed by atoms with Crippen molar-refractivity contribution in [1.82, 2.24) is 19.9 Å². The normalized spacial score (nSPS) is 14.8. The van der Waals surface area contributed by atoms with Gasteiger partial charge in [-0.15, -0.1) is 0 Å². The number of anilines is 2. The molecule has 3 N–H and O–H groups in total. The van der Waals surface area contributed by atoms with E-state index < -0.39 is 17.6 Å². The smallest absolute Gasteiger partial charge is 0.416 e. The molecule has 3 heterocycles. The predicted molar refractivity (Wildman–Crippen MR) is 143 cm³/mol. The van der Waals surface area contributed by atoms with Crippen molar-refractivity contribution in [3.05, 3.63) is 71.9 Å². The highest BCUT2D eigenvalue weighted by molar-refractivity contribution is 5.91. The predicted octanol–water partition coefficient (Wildman–Crippen LogP) is 6.19. The fourth-order valence-electron chi connectivity index (χ4n) is 4.62. The molecule has 4 aromatic rings. The molecule has 5 rings (SSSR count). The van der Waals surface area contributed by atoms with Crippen LogP contribution in [0.4, 0.5) is 29.1 Å². The third-order valence-corrected chi connectivity index (χ3v) is 6.87. The highest BCUT2D eigenvalue weighted by Crippen LogP contribution is 2.32. The number of carbonyl (C=O) groups excluding carboxylic acids is 1. The standard InChI is InChI=1S/C28H28F4N6O2/c1-2-38-11-8-17(9-12-38)27(39)37-25-15-20(7-10-33-25)40-19-4-6-22-24(14-19)36-26(35-22)16-34-23-13-18(28(30,31)32)3-5-21(23)29/h3-7,10,13-15,17,34H,2,8-9,11-12,16H2,1H3,(H,35,36)(H,33,37,39). The molecule has 0 bridgehead atoms. The Labute approximate surface area is 227 Å². The quantitative estimate of drug-likeness (QED) is 0.224. The van der Waals surface area contributed by atoms with Gasteiger partial charge >= 0.3 is 6.18 Å². The molecule has 0 saturated carbocycles. The van der Waals surface area contributed by atoms with E-state index in [0.717, 1.165) is 44.6 Å². The summed E-state index contributed by atoms with van der Waals surface area (Å²) in [5.74, 6) is 0.883. The molecule has 0 radical (unpaired) electrons. The summed E-state index contributed by atoms with van der Waals surface area (Å²) in [4.78, 5) is 26.7. The number of likely N-dealkylation sites (tertiary alicyclic amines) is 1. The number of alkyl halides is 3. The molecular weight excluding hydrogens is 528 g/mol. The van der Waals surface area contributed by atoms with Crippen molar-refractivity contribution < 1.29 is 27.1 Å². The second-order valence-electron chi connectivity index (χ2n) is 9.59. The lowest BCUT2D eigenvalue weighted by Crippen LogP contribution is -2.38. The number of carbonyl (C=O) groups is 1. The van der Waals surface area contributed by atoms with Crippen LogP contribution in [0, 0.1) is 11.7 Å². The van der Waals surface area contributed by atoms with E-state index in [1.165, 1.54) is 0 Å². The van der Waals surface area contributed by atoms with Gasteiger partial charge in [-0.2, -0.15) is 13.2 Å². The van der Waals surface area contributed by atoms with Crippen LogP contribution in [0.1, 0.15) is 31.2 Å². The zero-order valence-corrected chi connectivity index (χ0v) is 21.7. The maximum absolute atomic E-state index is 14.0. The van der Waals surface area contributed by atoms with Crippen LogP contribution < -0.4 is 15.4 Å². The van der Waals surface area contributed by atoms with Crippen molar-refractivity contribution in [2.45, 2.75) is 32.5 Å². The van der Waals surface area contributed by atoms with Crippen molar-refractivity contribution >= 4 is 28.4 Å². The summed E-state index contributed by atoms with van der Waals surface area (Å²) in [6, 6.07) is 10.7. The lowest BCUT2D eigenvalue weighted by molar-refractivity contribution is -0.137. The molecule has 2 aromatic heterocycles. The molecule has 1 aliphatic heterocycles. The number of halogens is 4. The molecule has 0 atom stereocenters. The van der Waals surface area contributed by atoms with E-state index in [1.807, 2.05) is 0 Å². The van der Waals surface area contributed by atoms with Crippen LogP contribution in [0.3, 0.4) is 0 Å². The summed E-state index contributed by atoms with van der Waals surface area (Å²) < 4.78 is 58.9. The number of H-pyrrole nitrogens is 1. The van der Waals surface area contributed by atoms with Gasteiger partial charge in [-0.1, -0.05) is 6.92 Å². The number of aromatic amines is 1. The molecule has 0 aliphatic carbocycles. The highest BCUT2D eigenvalue weighted by atomic mass is 19.4. The van der Waals surface area contributed by atoms with E-state index in [1.54, 1.807) is 36.5 Å². The maximum atomic E-state index is 14.0. The topological polar surface area (TPSA) is 95.2 Å². The second kappa shape index (κ2) is 11.5. The third kappa shape index (κ3) is 6.50. The summed E-state index contributed by atoms with van der Waals surface area (Å²) in [7, 11) is 0. The van der Waals surface area contributed by atoms with E-state index in [2.05, 4.69) is 37.4 Å². The van der Waals surface area contributed by atoms with E-state index in [0.29, 0.717) is 40.2 Å². The zero-order chi connectivity index (χ0) is 28.3. The summed E-state index contributed by atoms with van der Waals surface area (Å²) in [6.45, 7) is 4.89. The van der Waals surface area contributed by atoms with Gasteiger partial charge in [-0.25, -0.2) is 14.4 Å². The van der Waals surface area contributed by atoms with E-state index in [9.17, 15) is 22.4 Å². The number of aromatic nitrogens is 3. The Bertz CT molecular complexity index is 1500. The van der Waals surface area contributed by atoms with Gasteiger partial charge in [-0.05, 0) is 68.9 Å². The first-order valence-corrected chi connectivity index (χ1v) is 12.9. The highest BCUT2D eigenvalue weighted by Gasteiger charge is 2.31. The molecule has 210 valence electrons. The van der Waals surface area contributed by atoms with Gasteiger partial charge < -0.3 is 25.3 Å². The van der Waals surface area contributed by atoms with Gasteiger partial charge in [0.25, 0.3) is 0 Å². The number of hydrogen-bond acceptors (Lipinski definition) is 6. The molecule has 8 nitrogen and oxygen atoms in total. The monoisotopic (exact) mass is 556 g/mol. The number of ether oxygens (including phenoxy) is 1. The Balaban J connectivity index is 1.22. The first-order chi connectivity index (χ1) is 19.2. The summed E-state index contributed by atoms with van der Waals surface area (Å²) in [5, 5.41) is 5.55. The lowest BCUT2D eigenvalue weighted by Gasteiger charge is -2.30. The Hall–Kier alpha value is -4.19. The number of hydrogen-bond donors (Lipinski definition) is 3. The second-order valence-corrected chi connectivity index (χ2v) is 9.59. The molecule has 1 amide bonds. The number of amides is 1. The Morgan fingerprint density at radius 3 is 2.62 bits per heavy atom. The largest absolute Gasteiger partial charge is 0.457 e. The number of benzene rings is 2. The van der Waals surface area contributed by atoms with E-state index >= 15 is 0 Å². The van der Waals surface area contributed by atoms with Crippen LogP contribution in [0.2, 0.25) is 0 Å². The number of piperidine rings is 1. The number of imidazole rings is 1. The van der Waals surface area contributed by atoms with Crippen LogP contribution in [-0.2, 0) is 17.5 Å². The van der Waals surface area contributed by atoms with Crippen molar-refractivity contribution in [3.8, 4) is 11.5 Å². The minimum atomic E-state index is -4.58. The van der Waals surface area contributed by atoms with E-state index in [-0.39, 0.29) is 24.1 Å². The van der Waals surface area contributed by atoms with Crippen LogP contribution in [0.25, 0.3) is 11.0 Å². The Morgan fingerprint density at radius 1 is 1.10 bits per heavy atom. The molecule has 1 fully saturated rings. The van der Waals surface area contributed by atoms with Gasteiger partial charge in [0.1, 0.15) is 29.0 Å². The molecule has 12 heteroatoms. The minimum absolute atomic E-state index is 0.0199. The van der Waals surface area contributed by atoms with Crippen molar-refractivity contribution in [1.29, 1.82) is 0 Å². The average molecular weight is 557 g/mol. The molecule has 0 unspecified atom stereocenters. The van der Waals surface area contributed by atoms with Crippen LogP contribution in [0.15, 0.2) is 54.7 Å². The first kappa shape index (κ1) is 27.4. The summed E-state index contributed by atoms with van der Waals surface area (Å²) in [5.41, 5.74) is 0.00974.